The zero-order valence-corrected chi connectivity index (χ0v) is 12.5. The van der Waals surface area contributed by atoms with Crippen LogP contribution in [0.5, 0.6) is 0 Å². The number of nitrogens with two attached hydrogens (primary N) is 1. The zero-order chi connectivity index (χ0) is 14.4. The molecule has 1 saturated heterocycles. The number of rotatable bonds is 6. The molecule has 1 heterocycles. The van der Waals surface area contributed by atoms with E-state index >= 15 is 0 Å². The molecule has 0 aromatic heterocycles. The van der Waals surface area contributed by atoms with Gasteiger partial charge in [-0.3, -0.25) is 9.80 Å². The predicted molar refractivity (Wildman–Crippen MR) is 79.1 cm³/mol. The molecule has 1 aliphatic carbocycles. The van der Waals surface area contributed by atoms with Gasteiger partial charge in [0.15, 0.2) is 5.84 Å². The van der Waals surface area contributed by atoms with Crippen LogP contribution in [0.25, 0.3) is 0 Å². The molecule has 2 rings (SSSR count). The quantitative estimate of drug-likeness (QED) is 0.325. The average molecular weight is 284 g/mol. The Kier molecular flexibility index (Phi) is 6.06. The molecule has 6 nitrogen and oxygen atoms in total. The van der Waals surface area contributed by atoms with Crippen molar-refractivity contribution in [2.75, 3.05) is 39.3 Å². The van der Waals surface area contributed by atoms with E-state index in [0.717, 1.165) is 32.8 Å². The normalized spacial score (nSPS) is 26.5. The SMILES string of the molecule is CCN1CCOC(CN(CC(N)=NO)C2CCCC2)C1. The third kappa shape index (κ3) is 4.33. The summed E-state index contributed by atoms with van der Waals surface area (Å²) < 4.78 is 5.89. The molecule has 20 heavy (non-hydrogen) atoms. The number of hydrogen-bond donors (Lipinski definition) is 2. The second-order valence-electron chi connectivity index (χ2n) is 5.85. The van der Waals surface area contributed by atoms with Crippen LogP contribution >= 0.6 is 0 Å². The summed E-state index contributed by atoms with van der Waals surface area (Å²) in [4.78, 5) is 4.76. The van der Waals surface area contributed by atoms with E-state index in [1.165, 1.54) is 25.7 Å². The number of nitrogens with zero attached hydrogens (tertiary/aromatic N) is 3. The van der Waals surface area contributed by atoms with E-state index in [9.17, 15) is 0 Å². The topological polar surface area (TPSA) is 74.3 Å². The molecule has 1 atom stereocenters. The van der Waals surface area contributed by atoms with Crippen LogP contribution in [0, 0.1) is 0 Å². The van der Waals surface area contributed by atoms with Crippen LogP contribution in [0.4, 0.5) is 0 Å². The van der Waals surface area contributed by atoms with Crippen LogP contribution in [-0.4, -0.2) is 72.3 Å². The first-order valence-electron chi connectivity index (χ1n) is 7.77. The Morgan fingerprint density at radius 2 is 2.20 bits per heavy atom. The Hall–Kier alpha value is -0.850. The van der Waals surface area contributed by atoms with E-state index in [-0.39, 0.29) is 6.10 Å². The van der Waals surface area contributed by atoms with E-state index in [1.807, 2.05) is 0 Å². The van der Waals surface area contributed by atoms with Gasteiger partial charge in [0.2, 0.25) is 0 Å². The van der Waals surface area contributed by atoms with E-state index < -0.39 is 0 Å². The number of amidine groups is 1. The summed E-state index contributed by atoms with van der Waals surface area (Å²) in [6.07, 6.45) is 5.22. The van der Waals surface area contributed by atoms with Gasteiger partial charge in [0, 0.05) is 25.7 Å². The molecule has 0 amide bonds. The predicted octanol–water partition coefficient (Wildman–Crippen LogP) is 0.698. The van der Waals surface area contributed by atoms with Crippen molar-refractivity contribution in [3.63, 3.8) is 0 Å². The Balaban J connectivity index is 1.92. The van der Waals surface area contributed by atoms with Gasteiger partial charge in [-0.05, 0) is 19.4 Å². The second-order valence-corrected chi connectivity index (χ2v) is 5.85. The van der Waals surface area contributed by atoms with Crippen molar-refractivity contribution >= 4 is 5.84 Å². The summed E-state index contributed by atoms with van der Waals surface area (Å²) in [7, 11) is 0. The van der Waals surface area contributed by atoms with Gasteiger partial charge in [0.1, 0.15) is 0 Å². The van der Waals surface area contributed by atoms with E-state index in [2.05, 4.69) is 21.9 Å². The number of oxime groups is 1. The lowest BCUT2D eigenvalue weighted by molar-refractivity contribution is -0.0448. The highest BCUT2D eigenvalue weighted by molar-refractivity contribution is 5.81. The summed E-state index contributed by atoms with van der Waals surface area (Å²) in [5, 5.41) is 11.9. The van der Waals surface area contributed by atoms with Gasteiger partial charge in [-0.15, -0.1) is 0 Å². The highest BCUT2D eigenvalue weighted by atomic mass is 16.5. The van der Waals surface area contributed by atoms with Crippen LogP contribution in [0.1, 0.15) is 32.6 Å². The Morgan fingerprint density at radius 3 is 2.85 bits per heavy atom. The first-order chi connectivity index (χ1) is 9.72. The van der Waals surface area contributed by atoms with Crippen molar-refractivity contribution in [2.45, 2.75) is 44.8 Å². The van der Waals surface area contributed by atoms with Crippen molar-refractivity contribution in [3.8, 4) is 0 Å². The van der Waals surface area contributed by atoms with Crippen LogP contribution in [0.2, 0.25) is 0 Å². The van der Waals surface area contributed by atoms with Gasteiger partial charge >= 0.3 is 0 Å². The molecule has 0 radical (unpaired) electrons. The maximum atomic E-state index is 8.81. The molecule has 0 spiro atoms. The second kappa shape index (κ2) is 7.81. The van der Waals surface area contributed by atoms with Gasteiger partial charge in [0.05, 0.1) is 19.3 Å². The Bertz CT molecular complexity index is 318. The third-order valence-electron chi connectivity index (χ3n) is 4.44. The number of likely N-dealkylation sites (N-methyl/N-ethyl adjacent to an activating group) is 1. The summed E-state index contributed by atoms with van der Waals surface area (Å²) >= 11 is 0. The molecular weight excluding hydrogens is 256 g/mol. The lowest BCUT2D eigenvalue weighted by atomic mass is 10.1. The van der Waals surface area contributed by atoms with Crippen molar-refractivity contribution in [3.05, 3.63) is 0 Å². The van der Waals surface area contributed by atoms with E-state index in [1.54, 1.807) is 0 Å². The maximum absolute atomic E-state index is 8.81. The monoisotopic (exact) mass is 284 g/mol. The van der Waals surface area contributed by atoms with Crippen molar-refractivity contribution in [1.82, 2.24) is 9.80 Å². The minimum absolute atomic E-state index is 0.232. The molecule has 1 unspecified atom stereocenters. The fraction of sp³-hybridized carbons (Fsp3) is 0.929. The molecule has 0 aromatic rings. The molecule has 1 aliphatic heterocycles. The van der Waals surface area contributed by atoms with Gasteiger partial charge < -0.3 is 15.7 Å². The van der Waals surface area contributed by atoms with E-state index in [4.69, 9.17) is 15.7 Å². The lowest BCUT2D eigenvalue weighted by Gasteiger charge is -2.37. The fourth-order valence-electron chi connectivity index (χ4n) is 3.29. The Labute approximate surface area is 121 Å². The van der Waals surface area contributed by atoms with Gasteiger partial charge in [-0.1, -0.05) is 24.9 Å². The van der Waals surface area contributed by atoms with Crippen molar-refractivity contribution in [1.29, 1.82) is 0 Å². The molecular formula is C14H28N4O2. The standard InChI is InChI=1S/C14H28N4O2/c1-2-17-7-8-20-13(9-17)10-18(11-14(15)16-19)12-5-3-4-6-12/h12-13,19H,2-11H2,1H3,(H2,15,16). The van der Waals surface area contributed by atoms with Gasteiger partial charge in [-0.25, -0.2) is 0 Å². The van der Waals surface area contributed by atoms with Crippen molar-refractivity contribution < 1.29 is 9.94 Å². The molecule has 3 N–H and O–H groups in total. The highest BCUT2D eigenvalue weighted by Crippen LogP contribution is 2.24. The van der Waals surface area contributed by atoms with E-state index in [0.29, 0.717) is 18.4 Å². The van der Waals surface area contributed by atoms with Gasteiger partial charge in [0.25, 0.3) is 0 Å². The minimum atomic E-state index is 0.232. The summed E-state index contributed by atoms with van der Waals surface area (Å²) in [6.45, 7) is 7.48. The fourth-order valence-corrected chi connectivity index (χ4v) is 3.29. The molecule has 1 saturated carbocycles. The molecule has 6 heteroatoms. The van der Waals surface area contributed by atoms with Crippen LogP contribution in [-0.2, 0) is 4.74 Å². The third-order valence-corrected chi connectivity index (χ3v) is 4.44. The zero-order valence-electron chi connectivity index (χ0n) is 12.5. The lowest BCUT2D eigenvalue weighted by Crippen LogP contribution is -2.50. The summed E-state index contributed by atoms with van der Waals surface area (Å²) in [6, 6.07) is 0.552. The summed E-state index contributed by atoms with van der Waals surface area (Å²) in [5.74, 6) is 0.292. The molecule has 0 aromatic carbocycles. The number of hydrogen-bond acceptors (Lipinski definition) is 5. The first-order valence-corrected chi connectivity index (χ1v) is 7.77. The average Bonchev–Trinajstić information content (AvgIpc) is 3.00. The highest BCUT2D eigenvalue weighted by Gasteiger charge is 2.28. The Morgan fingerprint density at radius 1 is 1.45 bits per heavy atom. The van der Waals surface area contributed by atoms with Gasteiger partial charge in [-0.2, -0.15) is 0 Å². The molecule has 0 bridgehead atoms. The number of morpholine rings is 1. The molecule has 2 aliphatic rings. The summed E-state index contributed by atoms with van der Waals surface area (Å²) in [5.41, 5.74) is 5.71. The maximum Gasteiger partial charge on any atom is 0.153 e. The first kappa shape index (κ1) is 15.5. The largest absolute Gasteiger partial charge is 0.409 e. The van der Waals surface area contributed by atoms with Crippen molar-refractivity contribution in [2.24, 2.45) is 10.9 Å². The minimum Gasteiger partial charge on any atom is -0.409 e. The van der Waals surface area contributed by atoms with Crippen LogP contribution < -0.4 is 5.73 Å². The smallest absolute Gasteiger partial charge is 0.153 e. The van der Waals surface area contributed by atoms with Crippen LogP contribution in [0.15, 0.2) is 5.16 Å². The molecule has 116 valence electrons. The molecule has 2 fully saturated rings. The number of ether oxygens (including phenoxy) is 1. The van der Waals surface area contributed by atoms with Crippen LogP contribution in [0.3, 0.4) is 0 Å².